The maximum absolute atomic E-state index is 12.1. The minimum atomic E-state index is -4.24. The van der Waals surface area contributed by atoms with Gasteiger partial charge in [-0.3, -0.25) is 4.79 Å². The summed E-state index contributed by atoms with van der Waals surface area (Å²) in [5.41, 5.74) is 0. The van der Waals surface area contributed by atoms with Crippen molar-refractivity contribution < 1.29 is 26.7 Å². The number of carbonyl (C=O) groups excluding carboxylic acids is 1. The number of aliphatic hydroxyl groups excluding tert-OH is 1. The summed E-state index contributed by atoms with van der Waals surface area (Å²) in [5, 5.41) is 8.61. The molecule has 1 atom stereocenters. The van der Waals surface area contributed by atoms with Crippen LogP contribution in [0.4, 0.5) is 0 Å². The second kappa shape index (κ2) is 20.7. The van der Waals surface area contributed by atoms with E-state index in [1.807, 2.05) is 0 Å². The van der Waals surface area contributed by atoms with Crippen LogP contribution in [0.3, 0.4) is 0 Å². The second-order valence-corrected chi connectivity index (χ2v) is 8.65. The van der Waals surface area contributed by atoms with Crippen LogP contribution in [0.15, 0.2) is 0 Å². The molecule has 0 aliphatic rings. The maximum atomic E-state index is 12.1. The zero-order valence-corrected chi connectivity index (χ0v) is 19.5. The third-order valence-electron chi connectivity index (χ3n) is 4.81. The molecular formula is C21H45NO6S. The molecule has 7 nitrogen and oxygen atoms in total. The van der Waals surface area contributed by atoms with E-state index in [1.54, 1.807) is 6.92 Å². The Bertz CT molecular complexity index is 470. The number of rotatable bonds is 21. The molecule has 0 bridgehead atoms. The summed E-state index contributed by atoms with van der Waals surface area (Å²) < 4.78 is 32.3. The Kier molecular flexibility index (Phi) is 21.9. The standard InChI is InChI=1S/C21H42O6S.H3N/c1-3-5-6-7-8-9-10-11-12-13-14-15-16-17-20(23)21(4-2)27-28(24,25)26-19-18-22;/h21-22H,3-19H2,1-2H3;1H3. The predicted molar refractivity (Wildman–Crippen MR) is 117 cm³/mol. The van der Waals surface area contributed by atoms with Crippen molar-refractivity contribution in [3.63, 3.8) is 0 Å². The third kappa shape index (κ3) is 19.2. The van der Waals surface area contributed by atoms with Crippen LogP contribution in [0.2, 0.25) is 0 Å². The van der Waals surface area contributed by atoms with Crippen molar-refractivity contribution in [1.29, 1.82) is 0 Å². The van der Waals surface area contributed by atoms with Gasteiger partial charge < -0.3 is 11.3 Å². The molecule has 4 N–H and O–H groups in total. The summed E-state index contributed by atoms with van der Waals surface area (Å²) in [4.78, 5) is 12.1. The van der Waals surface area contributed by atoms with E-state index in [0.717, 1.165) is 19.3 Å². The van der Waals surface area contributed by atoms with E-state index < -0.39 is 23.1 Å². The number of ketones is 1. The van der Waals surface area contributed by atoms with Crippen LogP contribution >= 0.6 is 0 Å². The fraction of sp³-hybridized carbons (Fsp3) is 0.952. The summed E-state index contributed by atoms with van der Waals surface area (Å²) >= 11 is 0. The monoisotopic (exact) mass is 439 g/mol. The highest BCUT2D eigenvalue weighted by Gasteiger charge is 2.24. The van der Waals surface area contributed by atoms with Gasteiger partial charge in [-0.1, -0.05) is 90.9 Å². The molecule has 8 heteroatoms. The summed E-state index contributed by atoms with van der Waals surface area (Å²) in [6.45, 7) is 3.15. The molecule has 0 aliphatic carbocycles. The highest BCUT2D eigenvalue weighted by atomic mass is 32.3. The first-order valence-corrected chi connectivity index (χ1v) is 12.5. The molecule has 0 rings (SSSR count). The number of aliphatic hydroxyl groups is 1. The van der Waals surface area contributed by atoms with Crippen LogP contribution in [-0.4, -0.2) is 38.6 Å². The van der Waals surface area contributed by atoms with E-state index in [-0.39, 0.29) is 25.0 Å². The van der Waals surface area contributed by atoms with Crippen LogP contribution in [0, 0.1) is 0 Å². The van der Waals surface area contributed by atoms with E-state index in [0.29, 0.717) is 6.42 Å². The Balaban J connectivity index is 0. The Labute approximate surface area is 178 Å². The minimum Gasteiger partial charge on any atom is -0.394 e. The lowest BCUT2D eigenvalue weighted by molar-refractivity contribution is -0.126. The van der Waals surface area contributed by atoms with Gasteiger partial charge in [0, 0.05) is 6.42 Å². The lowest BCUT2D eigenvalue weighted by Gasteiger charge is -2.14. The maximum Gasteiger partial charge on any atom is 0.400 e. The zero-order valence-electron chi connectivity index (χ0n) is 18.7. The molecule has 1 unspecified atom stereocenters. The number of hydrogen-bond donors (Lipinski definition) is 2. The topological polar surface area (TPSA) is 125 Å². The molecule has 0 aromatic carbocycles. The third-order valence-corrected chi connectivity index (χ3v) is 5.73. The van der Waals surface area contributed by atoms with Crippen molar-refractivity contribution >= 4 is 16.2 Å². The fourth-order valence-corrected chi connectivity index (χ4v) is 4.00. The normalized spacial score (nSPS) is 12.5. The molecule has 0 aliphatic heterocycles. The first-order valence-electron chi connectivity index (χ1n) is 11.2. The molecule has 176 valence electrons. The molecule has 0 saturated carbocycles. The average Bonchev–Trinajstić information content (AvgIpc) is 2.68. The van der Waals surface area contributed by atoms with Gasteiger partial charge in [0.1, 0.15) is 6.10 Å². The lowest BCUT2D eigenvalue weighted by atomic mass is 10.0. The van der Waals surface area contributed by atoms with Crippen molar-refractivity contribution in [2.45, 2.75) is 116 Å². The molecule has 0 spiro atoms. The van der Waals surface area contributed by atoms with Crippen molar-refractivity contribution in [2.75, 3.05) is 13.2 Å². The molecule has 0 aromatic heterocycles. The van der Waals surface area contributed by atoms with Gasteiger partial charge in [-0.05, 0) is 12.8 Å². The highest BCUT2D eigenvalue weighted by Crippen LogP contribution is 2.15. The van der Waals surface area contributed by atoms with Gasteiger partial charge >= 0.3 is 10.4 Å². The van der Waals surface area contributed by atoms with Crippen LogP contribution in [0.25, 0.3) is 0 Å². The van der Waals surface area contributed by atoms with Gasteiger partial charge in [0.05, 0.1) is 13.2 Å². The largest absolute Gasteiger partial charge is 0.400 e. The number of carbonyl (C=O) groups is 1. The molecular weight excluding hydrogens is 394 g/mol. The van der Waals surface area contributed by atoms with Crippen molar-refractivity contribution in [3.05, 3.63) is 0 Å². The van der Waals surface area contributed by atoms with Gasteiger partial charge in [-0.15, -0.1) is 0 Å². The quantitative estimate of drug-likeness (QED) is 0.234. The smallest absolute Gasteiger partial charge is 0.394 e. The number of unbranched alkanes of at least 4 members (excludes halogenated alkanes) is 12. The van der Waals surface area contributed by atoms with E-state index in [1.165, 1.54) is 64.2 Å². The van der Waals surface area contributed by atoms with Crippen LogP contribution in [-0.2, 0) is 23.6 Å². The first-order chi connectivity index (χ1) is 13.5. The summed E-state index contributed by atoms with van der Waals surface area (Å²) in [6, 6.07) is 0. The van der Waals surface area contributed by atoms with Crippen LogP contribution < -0.4 is 6.15 Å². The molecule has 0 heterocycles. The van der Waals surface area contributed by atoms with Crippen LogP contribution in [0.5, 0.6) is 0 Å². The second-order valence-electron chi connectivity index (χ2n) is 7.41. The Morgan fingerprint density at radius 3 is 1.69 bits per heavy atom. The summed E-state index contributed by atoms with van der Waals surface area (Å²) in [7, 11) is -4.24. The lowest BCUT2D eigenvalue weighted by Crippen LogP contribution is -2.28. The number of Topliss-reactive ketones (excluding diaryl/α,β-unsaturated/α-hetero) is 1. The minimum absolute atomic E-state index is 0. The summed E-state index contributed by atoms with van der Waals surface area (Å²) in [6.07, 6.45) is 15.6. The average molecular weight is 440 g/mol. The molecule has 0 radical (unpaired) electrons. The fourth-order valence-electron chi connectivity index (χ4n) is 3.14. The van der Waals surface area contributed by atoms with E-state index in [9.17, 15) is 13.2 Å². The SMILES string of the molecule is CCCCCCCCCCCCCCCC(=O)C(CC)OS(=O)(=O)OCCO.N. The van der Waals surface area contributed by atoms with E-state index in [2.05, 4.69) is 11.1 Å². The zero-order chi connectivity index (χ0) is 21.1. The molecule has 0 saturated heterocycles. The molecule has 0 amide bonds. The Hall–Kier alpha value is -0.540. The number of hydrogen-bond acceptors (Lipinski definition) is 7. The van der Waals surface area contributed by atoms with Gasteiger partial charge in [-0.2, -0.15) is 8.42 Å². The van der Waals surface area contributed by atoms with E-state index >= 15 is 0 Å². The molecule has 0 aromatic rings. The molecule has 29 heavy (non-hydrogen) atoms. The van der Waals surface area contributed by atoms with Gasteiger partial charge in [0.25, 0.3) is 0 Å². The van der Waals surface area contributed by atoms with Gasteiger partial charge in [-0.25, -0.2) is 8.37 Å². The Morgan fingerprint density at radius 2 is 1.28 bits per heavy atom. The van der Waals surface area contributed by atoms with E-state index in [4.69, 9.17) is 9.29 Å². The van der Waals surface area contributed by atoms with Crippen molar-refractivity contribution in [1.82, 2.24) is 6.15 Å². The first kappa shape index (κ1) is 30.7. The predicted octanol–water partition coefficient (Wildman–Crippen LogP) is 5.25. The van der Waals surface area contributed by atoms with Crippen molar-refractivity contribution in [3.8, 4) is 0 Å². The van der Waals surface area contributed by atoms with Crippen LogP contribution in [0.1, 0.15) is 110 Å². The summed E-state index contributed by atoms with van der Waals surface area (Å²) in [5.74, 6) is -0.207. The Morgan fingerprint density at radius 1 is 0.828 bits per heavy atom. The van der Waals surface area contributed by atoms with Gasteiger partial charge in [0.15, 0.2) is 5.78 Å². The van der Waals surface area contributed by atoms with Gasteiger partial charge in [0.2, 0.25) is 0 Å². The van der Waals surface area contributed by atoms with Crippen molar-refractivity contribution in [2.24, 2.45) is 0 Å². The highest BCUT2D eigenvalue weighted by molar-refractivity contribution is 7.81. The molecule has 0 fully saturated rings.